The summed E-state index contributed by atoms with van der Waals surface area (Å²) in [5, 5.41) is 2.83. The van der Waals surface area contributed by atoms with Gasteiger partial charge in [0.1, 0.15) is 24.1 Å². The van der Waals surface area contributed by atoms with Gasteiger partial charge in [0.15, 0.2) is 17.8 Å². The summed E-state index contributed by atoms with van der Waals surface area (Å²) < 4.78 is 55.0. The largest absolute Gasteiger partial charge is 0.434 e. The van der Waals surface area contributed by atoms with Crippen molar-refractivity contribution in [3.63, 3.8) is 0 Å². The summed E-state index contributed by atoms with van der Waals surface area (Å²) in [6.45, 7) is 3.44. The third kappa shape index (κ3) is 3.35. The van der Waals surface area contributed by atoms with Crippen molar-refractivity contribution in [2.75, 3.05) is 11.9 Å². The first-order chi connectivity index (χ1) is 11.2. The molecule has 0 amide bonds. The first-order valence-electron chi connectivity index (χ1n) is 7.28. The normalized spacial score (nSPS) is 32.2. The summed E-state index contributed by atoms with van der Waals surface area (Å²) in [4.78, 5) is 18.2. The van der Waals surface area contributed by atoms with Crippen LogP contribution in [0, 0.1) is 0 Å². The number of aldehydes is 1. The highest BCUT2D eigenvalue weighted by Crippen LogP contribution is 2.36. The molecule has 0 aromatic carbocycles. The summed E-state index contributed by atoms with van der Waals surface area (Å²) in [5.41, 5.74) is -1.10. The topological polar surface area (TPSA) is 82.6 Å². The molecule has 0 aliphatic carbocycles. The number of ether oxygens (including phenoxy) is 3. The minimum absolute atomic E-state index is 0.0575. The van der Waals surface area contributed by atoms with Crippen molar-refractivity contribution in [3.05, 3.63) is 18.1 Å². The van der Waals surface area contributed by atoms with Gasteiger partial charge in [-0.2, -0.15) is 13.2 Å². The van der Waals surface area contributed by atoms with E-state index in [-0.39, 0.29) is 12.4 Å². The zero-order chi connectivity index (χ0) is 17.5. The summed E-state index contributed by atoms with van der Waals surface area (Å²) >= 11 is 0. The highest BCUT2D eigenvalue weighted by Gasteiger charge is 2.52. The molecule has 3 heterocycles. The van der Waals surface area contributed by atoms with Crippen LogP contribution in [-0.4, -0.2) is 53.0 Å². The molecular formula is C14H16F3N3O4. The van der Waals surface area contributed by atoms with E-state index in [0.717, 1.165) is 0 Å². The van der Waals surface area contributed by atoms with E-state index >= 15 is 0 Å². The molecule has 4 atom stereocenters. The van der Waals surface area contributed by atoms with Crippen LogP contribution in [-0.2, 0) is 25.2 Å². The Bertz CT molecular complexity index is 626. The average Bonchev–Trinajstić information content (AvgIpc) is 2.83. The summed E-state index contributed by atoms with van der Waals surface area (Å²) in [6, 6.07) is -0.536. The van der Waals surface area contributed by atoms with E-state index in [4.69, 9.17) is 14.2 Å². The molecular weight excluding hydrogens is 331 g/mol. The van der Waals surface area contributed by atoms with Crippen LogP contribution in [0.1, 0.15) is 19.5 Å². The number of hydrogen-bond donors (Lipinski definition) is 1. The number of hydrogen-bond acceptors (Lipinski definition) is 7. The van der Waals surface area contributed by atoms with Gasteiger partial charge in [-0.1, -0.05) is 0 Å². The maximum atomic E-state index is 12.7. The third-order valence-electron chi connectivity index (χ3n) is 3.74. The van der Waals surface area contributed by atoms with E-state index in [0.29, 0.717) is 12.5 Å². The predicted molar refractivity (Wildman–Crippen MR) is 74.1 cm³/mol. The maximum Gasteiger partial charge on any atom is 0.434 e. The number of nitrogens with zero attached hydrogens (tertiary/aromatic N) is 2. The lowest BCUT2D eigenvalue weighted by molar-refractivity contribution is -0.156. The van der Waals surface area contributed by atoms with Crippen molar-refractivity contribution in [1.29, 1.82) is 0 Å². The number of rotatable bonds is 3. The van der Waals surface area contributed by atoms with Gasteiger partial charge in [0.25, 0.3) is 0 Å². The van der Waals surface area contributed by atoms with Gasteiger partial charge < -0.3 is 24.3 Å². The van der Waals surface area contributed by atoms with Crippen LogP contribution in [0.15, 0.2) is 12.4 Å². The molecule has 0 unspecified atom stereocenters. The molecule has 24 heavy (non-hydrogen) atoms. The van der Waals surface area contributed by atoms with Crippen molar-refractivity contribution in [3.8, 4) is 0 Å². The molecule has 0 radical (unpaired) electrons. The number of anilines is 1. The Morgan fingerprint density at radius 2 is 2.00 bits per heavy atom. The van der Waals surface area contributed by atoms with Gasteiger partial charge in [-0.3, -0.25) is 4.98 Å². The van der Waals surface area contributed by atoms with Gasteiger partial charge in [0, 0.05) is 0 Å². The Morgan fingerprint density at radius 3 is 2.67 bits per heavy atom. The van der Waals surface area contributed by atoms with E-state index in [1.165, 1.54) is 6.20 Å². The zero-order valence-electron chi connectivity index (χ0n) is 12.9. The maximum absolute atomic E-state index is 12.7. The predicted octanol–water partition coefficient (Wildman–Crippen LogP) is 1.39. The molecule has 132 valence electrons. The second-order valence-corrected chi connectivity index (χ2v) is 6.04. The minimum Gasteiger partial charge on any atom is -0.366 e. The van der Waals surface area contributed by atoms with Crippen LogP contribution in [0.2, 0.25) is 0 Å². The lowest BCUT2D eigenvalue weighted by Gasteiger charge is -2.35. The van der Waals surface area contributed by atoms with E-state index in [2.05, 4.69) is 15.3 Å². The van der Waals surface area contributed by atoms with Gasteiger partial charge in [0.05, 0.1) is 25.0 Å². The number of halogens is 3. The molecule has 1 N–H and O–H groups in total. The first-order valence-corrected chi connectivity index (χ1v) is 7.28. The molecule has 0 bridgehead atoms. The Hall–Kier alpha value is -1.78. The fourth-order valence-corrected chi connectivity index (χ4v) is 2.79. The number of alkyl halides is 3. The van der Waals surface area contributed by atoms with Crippen LogP contribution in [0.25, 0.3) is 0 Å². The number of nitrogens with one attached hydrogen (secondary N) is 1. The average molecular weight is 347 g/mol. The molecule has 1 aromatic heterocycles. The van der Waals surface area contributed by atoms with Crippen molar-refractivity contribution in [2.24, 2.45) is 0 Å². The number of fused-ring (bicyclic) bond motifs is 1. The highest BCUT2D eigenvalue weighted by molar-refractivity contribution is 5.58. The van der Waals surface area contributed by atoms with Gasteiger partial charge >= 0.3 is 6.18 Å². The molecule has 10 heteroatoms. The SMILES string of the molecule is CC1(C)O[C@@H]2[C@H](O1)[C@@H](Nc1cncc(C(F)(F)F)n1)CO[C@@H]2C=O. The zero-order valence-corrected chi connectivity index (χ0v) is 12.9. The fraction of sp³-hybridized carbons (Fsp3) is 0.643. The Balaban J connectivity index is 1.79. The van der Waals surface area contributed by atoms with Crippen molar-refractivity contribution < 1.29 is 32.2 Å². The van der Waals surface area contributed by atoms with Gasteiger partial charge in [-0.05, 0) is 13.8 Å². The Morgan fingerprint density at radius 1 is 1.29 bits per heavy atom. The smallest absolute Gasteiger partial charge is 0.366 e. The molecule has 2 saturated heterocycles. The molecule has 1 aromatic rings. The van der Waals surface area contributed by atoms with Gasteiger partial charge in [-0.15, -0.1) is 0 Å². The molecule has 2 aliphatic rings. The monoisotopic (exact) mass is 347 g/mol. The quantitative estimate of drug-likeness (QED) is 0.828. The second kappa shape index (κ2) is 5.94. The number of carbonyl (C=O) groups is 1. The molecule has 0 spiro atoms. The second-order valence-electron chi connectivity index (χ2n) is 6.04. The van der Waals surface area contributed by atoms with Crippen LogP contribution in [0.4, 0.5) is 19.0 Å². The number of carbonyl (C=O) groups excluding carboxylic acids is 1. The van der Waals surface area contributed by atoms with E-state index < -0.39 is 42.0 Å². The van der Waals surface area contributed by atoms with Crippen LogP contribution < -0.4 is 5.32 Å². The lowest BCUT2D eigenvalue weighted by atomic mass is 9.99. The first kappa shape index (κ1) is 17.1. The molecule has 3 rings (SSSR count). The summed E-state index contributed by atoms with van der Waals surface area (Å²) in [7, 11) is 0. The van der Waals surface area contributed by atoms with Gasteiger partial charge in [0.2, 0.25) is 0 Å². The van der Waals surface area contributed by atoms with Crippen molar-refractivity contribution >= 4 is 12.1 Å². The highest BCUT2D eigenvalue weighted by atomic mass is 19.4. The van der Waals surface area contributed by atoms with E-state index in [1.54, 1.807) is 13.8 Å². The Labute approximate surface area is 135 Å². The van der Waals surface area contributed by atoms with Crippen LogP contribution in [0.5, 0.6) is 0 Å². The fourth-order valence-electron chi connectivity index (χ4n) is 2.79. The minimum atomic E-state index is -4.59. The number of aromatic nitrogens is 2. The van der Waals surface area contributed by atoms with E-state index in [1.807, 2.05) is 0 Å². The molecule has 2 aliphatic heterocycles. The molecule has 0 saturated carbocycles. The lowest BCUT2D eigenvalue weighted by Crippen LogP contribution is -2.54. The van der Waals surface area contributed by atoms with E-state index in [9.17, 15) is 18.0 Å². The van der Waals surface area contributed by atoms with Crippen molar-refractivity contribution in [1.82, 2.24) is 9.97 Å². The Kier molecular flexibility index (Phi) is 4.22. The molecule has 2 fully saturated rings. The third-order valence-corrected chi connectivity index (χ3v) is 3.74. The van der Waals surface area contributed by atoms with Gasteiger partial charge in [-0.25, -0.2) is 4.98 Å². The molecule has 7 nitrogen and oxygen atoms in total. The standard InChI is InChI=1S/C14H16F3N3O4/c1-13(2)23-11-7(6-22-8(5-21)12(11)24-13)19-10-4-18-3-9(20-10)14(15,16)17/h3-5,7-8,11-12H,6H2,1-2H3,(H,19,20)/t7-,8+,11+,12-/m0/s1. The van der Waals surface area contributed by atoms with Crippen LogP contribution in [0.3, 0.4) is 0 Å². The van der Waals surface area contributed by atoms with Crippen molar-refractivity contribution in [2.45, 2.75) is 50.2 Å². The summed E-state index contributed by atoms with van der Waals surface area (Å²) in [5.74, 6) is -0.987. The summed E-state index contributed by atoms with van der Waals surface area (Å²) in [6.07, 6.45) is -4.15. The van der Waals surface area contributed by atoms with Crippen LogP contribution >= 0.6 is 0 Å².